The van der Waals surface area contributed by atoms with Crippen LogP contribution in [0.1, 0.15) is 73.4 Å². The highest BCUT2D eigenvalue weighted by Gasteiger charge is 2.44. The highest BCUT2D eigenvalue weighted by molar-refractivity contribution is 7.90. The van der Waals surface area contributed by atoms with Gasteiger partial charge in [0.15, 0.2) is 0 Å². The van der Waals surface area contributed by atoms with Gasteiger partial charge in [0.25, 0.3) is 5.91 Å². The summed E-state index contributed by atoms with van der Waals surface area (Å²) in [5, 5.41) is 11.2. The normalized spacial score (nSPS) is 35.0. The number of sulfonamides is 1. The molecule has 1 amide bonds. The monoisotopic (exact) mass is 654 g/mol. The van der Waals surface area contributed by atoms with E-state index in [2.05, 4.69) is 21.8 Å². The number of halogens is 1. The van der Waals surface area contributed by atoms with Crippen LogP contribution in [0.5, 0.6) is 5.75 Å². The topological polar surface area (TPSA) is 105 Å². The van der Waals surface area contributed by atoms with Gasteiger partial charge >= 0.3 is 0 Å². The third-order valence-electron chi connectivity index (χ3n) is 11.1. The van der Waals surface area contributed by atoms with E-state index in [1.165, 1.54) is 11.1 Å². The van der Waals surface area contributed by atoms with Crippen molar-refractivity contribution in [2.45, 2.75) is 81.2 Å². The number of aryl methyl sites for hydroxylation is 1. The van der Waals surface area contributed by atoms with E-state index in [4.69, 9.17) is 21.1 Å². The Morgan fingerprint density at radius 3 is 2.76 bits per heavy atom. The van der Waals surface area contributed by atoms with Crippen molar-refractivity contribution in [3.63, 3.8) is 0 Å². The number of fused-ring (bicyclic) bond motifs is 4. The number of aliphatic hydroxyl groups excluding tert-OH is 1. The van der Waals surface area contributed by atoms with Crippen LogP contribution in [0.2, 0.25) is 5.02 Å². The summed E-state index contributed by atoms with van der Waals surface area (Å²) in [6, 6.07) is 11.4. The number of aliphatic hydroxyl groups is 1. The van der Waals surface area contributed by atoms with E-state index in [1.807, 2.05) is 25.1 Å². The third kappa shape index (κ3) is 6.01. The molecule has 8 nitrogen and oxygen atoms in total. The number of ether oxygens (including phenoxy) is 2. The van der Waals surface area contributed by atoms with Crippen molar-refractivity contribution < 1.29 is 27.8 Å². The number of carbonyl (C=O) groups excluding carboxylic acids is 1. The number of benzene rings is 2. The molecule has 3 aliphatic heterocycles. The van der Waals surface area contributed by atoms with Gasteiger partial charge in [-0.3, -0.25) is 4.79 Å². The zero-order chi connectivity index (χ0) is 31.3. The molecule has 2 aromatic carbocycles. The molecule has 5 aliphatic rings. The zero-order valence-corrected chi connectivity index (χ0v) is 27.4. The smallest absolute Gasteiger partial charge is 0.264 e. The van der Waals surface area contributed by atoms with Crippen LogP contribution in [0.3, 0.4) is 0 Å². The molecule has 1 spiro atoms. The van der Waals surface area contributed by atoms with E-state index in [0.29, 0.717) is 44.9 Å². The number of amides is 1. The number of nitrogens with zero attached hydrogens (tertiary/aromatic N) is 1. The second kappa shape index (κ2) is 12.2. The second-order valence-electron chi connectivity index (χ2n) is 14.0. The SMILES string of the molecule is C[C@H]1C/C=C\[C@H](O)[C@@H]2CC[C@H]2CN2C[C@@]3(CCCc4cc(Cl)ccc43)COc3ccc(cc32)C(=O)NS(=O)(=O)[C@H]1C[C@H]1CCO1. The Bertz CT molecular complexity index is 1590. The molecule has 242 valence electrons. The van der Waals surface area contributed by atoms with Gasteiger partial charge in [-0.15, -0.1) is 0 Å². The third-order valence-corrected chi connectivity index (χ3v) is 13.2. The lowest BCUT2D eigenvalue weighted by molar-refractivity contribution is -0.0564. The molecule has 2 N–H and O–H groups in total. The molecule has 45 heavy (non-hydrogen) atoms. The maximum Gasteiger partial charge on any atom is 0.264 e. The molecule has 10 heteroatoms. The van der Waals surface area contributed by atoms with Crippen LogP contribution >= 0.6 is 11.6 Å². The number of rotatable bonds is 2. The standard InChI is InChI=1S/C35H43ClN2O6S/c1-22-4-2-6-31(39)28-10-7-25(28)19-38-20-35(14-3-5-23-16-26(36)9-11-29(23)35)21-44-32-12-8-24(17-30(32)38)34(40)37-45(41,42)33(22)18-27-13-15-43-27/h2,6,8-9,11-12,16-17,22,25,27-28,31,33,39H,3-5,7,10,13-15,18-21H2,1H3,(H,37,40)/b6-2-/t22-,25-,27+,28+,31-,33-,35-/m0/s1. The summed E-state index contributed by atoms with van der Waals surface area (Å²) in [4.78, 5) is 16.0. The highest BCUT2D eigenvalue weighted by atomic mass is 35.5. The summed E-state index contributed by atoms with van der Waals surface area (Å²) in [5.41, 5.74) is 3.30. The number of allylic oxidation sites excluding steroid dienone is 1. The van der Waals surface area contributed by atoms with Gasteiger partial charge in [-0.2, -0.15) is 0 Å². The van der Waals surface area contributed by atoms with Crippen molar-refractivity contribution in [1.82, 2.24) is 4.72 Å². The van der Waals surface area contributed by atoms with Crippen LogP contribution in [-0.4, -0.2) is 63.2 Å². The van der Waals surface area contributed by atoms with Gasteiger partial charge in [-0.1, -0.05) is 36.7 Å². The number of nitrogens with one attached hydrogen (secondary N) is 1. The fourth-order valence-electron chi connectivity index (χ4n) is 8.19. The fraction of sp³-hybridized carbons (Fsp3) is 0.571. The number of carbonyl (C=O) groups is 1. The summed E-state index contributed by atoms with van der Waals surface area (Å²) in [5.74, 6) is 0.153. The molecule has 1 saturated carbocycles. The Kier molecular flexibility index (Phi) is 8.42. The summed E-state index contributed by atoms with van der Waals surface area (Å²) >= 11 is 6.41. The molecule has 3 heterocycles. The summed E-state index contributed by atoms with van der Waals surface area (Å²) in [7, 11) is -4.02. The molecular weight excluding hydrogens is 612 g/mol. The quantitative estimate of drug-likeness (QED) is 0.418. The van der Waals surface area contributed by atoms with E-state index in [1.54, 1.807) is 18.2 Å². The first kappa shape index (κ1) is 31.0. The lowest BCUT2D eigenvalue weighted by atomic mass is 9.68. The zero-order valence-electron chi connectivity index (χ0n) is 25.8. The maximum atomic E-state index is 13.7. The van der Waals surface area contributed by atoms with Gasteiger partial charge in [-0.25, -0.2) is 13.1 Å². The van der Waals surface area contributed by atoms with Crippen LogP contribution < -0.4 is 14.4 Å². The second-order valence-corrected chi connectivity index (χ2v) is 16.3. The minimum absolute atomic E-state index is 0.111. The van der Waals surface area contributed by atoms with Crippen LogP contribution in [0.25, 0.3) is 0 Å². The number of anilines is 1. The predicted molar refractivity (Wildman–Crippen MR) is 175 cm³/mol. The predicted octanol–water partition coefficient (Wildman–Crippen LogP) is 5.40. The van der Waals surface area contributed by atoms with Gasteiger partial charge < -0.3 is 19.5 Å². The molecule has 2 aliphatic carbocycles. The van der Waals surface area contributed by atoms with Gasteiger partial charge in [0.2, 0.25) is 10.0 Å². The molecule has 0 aromatic heterocycles. The van der Waals surface area contributed by atoms with Crippen molar-refractivity contribution in [2.75, 3.05) is 31.2 Å². The first-order valence-electron chi connectivity index (χ1n) is 16.4. The Morgan fingerprint density at radius 2 is 2.00 bits per heavy atom. The molecule has 1 saturated heterocycles. The van der Waals surface area contributed by atoms with Gasteiger partial charge in [-0.05, 0) is 111 Å². The summed E-state index contributed by atoms with van der Waals surface area (Å²) in [6.45, 7) is 4.41. The Balaban J connectivity index is 1.27. The van der Waals surface area contributed by atoms with E-state index in [-0.39, 0.29) is 34.8 Å². The lowest BCUT2D eigenvalue weighted by Crippen LogP contribution is -2.49. The number of hydrogen-bond acceptors (Lipinski definition) is 7. The van der Waals surface area contributed by atoms with Crippen LogP contribution in [0, 0.1) is 17.8 Å². The van der Waals surface area contributed by atoms with E-state index in [0.717, 1.165) is 49.2 Å². The summed E-state index contributed by atoms with van der Waals surface area (Å²) < 4.78 is 42.1. The Labute approximate surface area is 271 Å². The average molecular weight is 655 g/mol. The minimum atomic E-state index is -4.02. The van der Waals surface area contributed by atoms with Crippen molar-refractivity contribution in [1.29, 1.82) is 0 Å². The van der Waals surface area contributed by atoms with Crippen molar-refractivity contribution in [3.8, 4) is 5.75 Å². The molecule has 7 rings (SSSR count). The van der Waals surface area contributed by atoms with E-state index in [9.17, 15) is 18.3 Å². The van der Waals surface area contributed by atoms with Gasteiger partial charge in [0.1, 0.15) is 5.75 Å². The highest BCUT2D eigenvalue weighted by Crippen LogP contribution is 2.47. The van der Waals surface area contributed by atoms with Crippen LogP contribution in [0.4, 0.5) is 5.69 Å². The van der Waals surface area contributed by atoms with Crippen LogP contribution in [0.15, 0.2) is 48.6 Å². The molecule has 0 unspecified atom stereocenters. The first-order chi connectivity index (χ1) is 21.6. The van der Waals surface area contributed by atoms with E-state index >= 15 is 0 Å². The van der Waals surface area contributed by atoms with Crippen molar-refractivity contribution in [3.05, 3.63) is 70.3 Å². The van der Waals surface area contributed by atoms with Crippen LogP contribution in [-0.2, 0) is 26.6 Å². The molecule has 2 fully saturated rings. The van der Waals surface area contributed by atoms with Crippen molar-refractivity contribution >= 4 is 33.2 Å². The minimum Gasteiger partial charge on any atom is -0.490 e. The average Bonchev–Trinajstić information content (AvgIpc) is 3.10. The maximum absolute atomic E-state index is 13.7. The molecular formula is C35H43ClN2O6S. The Hall–Kier alpha value is -2.59. The number of hydrogen-bond donors (Lipinski definition) is 2. The first-order valence-corrected chi connectivity index (χ1v) is 18.4. The fourth-order valence-corrected chi connectivity index (χ4v) is 10.1. The van der Waals surface area contributed by atoms with E-state index < -0.39 is 27.3 Å². The van der Waals surface area contributed by atoms with Gasteiger partial charge in [0, 0.05) is 35.7 Å². The summed E-state index contributed by atoms with van der Waals surface area (Å²) in [6.07, 6.45) is 9.55. The van der Waals surface area contributed by atoms with Crippen molar-refractivity contribution in [2.24, 2.45) is 17.8 Å². The lowest BCUT2D eigenvalue weighted by Gasteiger charge is -2.45. The Morgan fingerprint density at radius 1 is 1.16 bits per heavy atom. The molecule has 0 radical (unpaired) electrons. The largest absolute Gasteiger partial charge is 0.490 e. The molecule has 2 aromatic rings. The molecule has 7 atom stereocenters. The molecule has 2 bridgehead atoms. The van der Waals surface area contributed by atoms with Gasteiger partial charge in [0.05, 0.1) is 29.8 Å².